The van der Waals surface area contributed by atoms with E-state index >= 15 is 0 Å². The summed E-state index contributed by atoms with van der Waals surface area (Å²) in [6, 6.07) is 0. The van der Waals surface area contributed by atoms with Crippen LogP contribution in [0.1, 0.15) is 181 Å². The standard InChI is InChI=1S/C35H70O4/c1-5-8-10-12-19-23-27-32-37-35(38-33-28-24-20-13-11-9-6-2)31-26-22-18-16-14-15-17-21-25-30-34(29-7-3)39-36-4/h25,30,34-35H,5-24,26-29,31-33H2,1-4H3. The molecule has 0 aliphatic rings. The van der Waals surface area contributed by atoms with Crippen molar-refractivity contribution < 1.29 is 19.2 Å². The Bertz CT molecular complexity index is 442. The molecule has 0 bridgehead atoms. The molecule has 1 atom stereocenters. The Morgan fingerprint density at radius 1 is 0.487 bits per heavy atom. The molecule has 234 valence electrons. The summed E-state index contributed by atoms with van der Waals surface area (Å²) in [6.07, 6.45) is 36.6. The van der Waals surface area contributed by atoms with Crippen LogP contribution in [0.2, 0.25) is 0 Å². The van der Waals surface area contributed by atoms with Crippen molar-refractivity contribution in [3.8, 4) is 0 Å². The third-order valence-electron chi connectivity index (χ3n) is 7.56. The highest BCUT2D eigenvalue weighted by Crippen LogP contribution is 2.15. The second-order valence-corrected chi connectivity index (χ2v) is 11.5. The van der Waals surface area contributed by atoms with E-state index in [4.69, 9.17) is 19.2 Å². The molecule has 4 nitrogen and oxygen atoms in total. The Labute approximate surface area is 245 Å². The quantitative estimate of drug-likeness (QED) is 0.0266. The third-order valence-corrected chi connectivity index (χ3v) is 7.56. The Morgan fingerprint density at radius 2 is 0.949 bits per heavy atom. The molecule has 0 saturated heterocycles. The zero-order valence-corrected chi connectivity index (χ0v) is 27.0. The van der Waals surface area contributed by atoms with Gasteiger partial charge in [0.25, 0.3) is 0 Å². The molecule has 0 saturated carbocycles. The largest absolute Gasteiger partial charge is 0.353 e. The summed E-state index contributed by atoms with van der Waals surface area (Å²) in [5.41, 5.74) is 0. The Morgan fingerprint density at radius 3 is 1.44 bits per heavy atom. The Balaban J connectivity index is 3.93. The topological polar surface area (TPSA) is 36.9 Å². The summed E-state index contributed by atoms with van der Waals surface area (Å²) < 4.78 is 12.4. The summed E-state index contributed by atoms with van der Waals surface area (Å²) in [4.78, 5) is 10.1. The van der Waals surface area contributed by atoms with Crippen molar-refractivity contribution in [1.29, 1.82) is 0 Å². The van der Waals surface area contributed by atoms with E-state index in [2.05, 4.69) is 32.9 Å². The first kappa shape index (κ1) is 38.6. The third kappa shape index (κ3) is 30.4. The van der Waals surface area contributed by atoms with Crippen molar-refractivity contribution in [2.75, 3.05) is 20.3 Å². The number of hydrogen-bond acceptors (Lipinski definition) is 4. The van der Waals surface area contributed by atoms with Gasteiger partial charge in [0.05, 0.1) is 7.11 Å². The molecule has 0 rings (SSSR count). The lowest BCUT2D eigenvalue weighted by Crippen LogP contribution is -2.19. The van der Waals surface area contributed by atoms with E-state index in [0.29, 0.717) is 0 Å². The average Bonchev–Trinajstić information content (AvgIpc) is 2.94. The minimum absolute atomic E-state index is 0.00981. The van der Waals surface area contributed by atoms with Crippen LogP contribution in [-0.4, -0.2) is 32.7 Å². The first-order chi connectivity index (χ1) is 19.3. The highest BCUT2D eigenvalue weighted by atomic mass is 17.2. The first-order valence-corrected chi connectivity index (χ1v) is 17.4. The molecule has 0 aliphatic heterocycles. The van der Waals surface area contributed by atoms with E-state index in [-0.39, 0.29) is 12.4 Å². The lowest BCUT2D eigenvalue weighted by atomic mass is 10.1. The van der Waals surface area contributed by atoms with E-state index in [9.17, 15) is 0 Å². The second-order valence-electron chi connectivity index (χ2n) is 11.5. The van der Waals surface area contributed by atoms with Gasteiger partial charge in [-0.1, -0.05) is 148 Å². The predicted octanol–water partition coefficient (Wildman–Crippen LogP) is 11.7. The van der Waals surface area contributed by atoms with Gasteiger partial charge in [0.1, 0.15) is 6.10 Å². The molecular formula is C35H70O4. The average molecular weight is 555 g/mol. The van der Waals surface area contributed by atoms with Crippen molar-refractivity contribution in [3.63, 3.8) is 0 Å². The van der Waals surface area contributed by atoms with Gasteiger partial charge in [0.2, 0.25) is 0 Å². The van der Waals surface area contributed by atoms with Gasteiger partial charge in [0.15, 0.2) is 6.29 Å². The van der Waals surface area contributed by atoms with Crippen molar-refractivity contribution in [3.05, 3.63) is 12.2 Å². The molecule has 0 amide bonds. The lowest BCUT2D eigenvalue weighted by Gasteiger charge is -2.19. The van der Waals surface area contributed by atoms with Gasteiger partial charge < -0.3 is 9.47 Å². The van der Waals surface area contributed by atoms with Crippen molar-refractivity contribution in [1.82, 2.24) is 0 Å². The van der Waals surface area contributed by atoms with Crippen molar-refractivity contribution in [2.24, 2.45) is 0 Å². The van der Waals surface area contributed by atoms with Crippen molar-refractivity contribution in [2.45, 2.75) is 194 Å². The zero-order chi connectivity index (χ0) is 28.5. The summed E-state index contributed by atoms with van der Waals surface area (Å²) in [5, 5.41) is 0. The maximum Gasteiger partial charge on any atom is 0.157 e. The zero-order valence-electron chi connectivity index (χ0n) is 27.0. The minimum atomic E-state index is 0.00981. The fourth-order valence-corrected chi connectivity index (χ4v) is 5.05. The number of ether oxygens (including phenoxy) is 2. The molecule has 0 radical (unpaired) electrons. The summed E-state index contributed by atoms with van der Waals surface area (Å²) >= 11 is 0. The van der Waals surface area contributed by atoms with E-state index in [1.807, 2.05) is 0 Å². The van der Waals surface area contributed by atoms with Crippen LogP contribution in [0, 0.1) is 0 Å². The first-order valence-electron chi connectivity index (χ1n) is 17.4. The minimum Gasteiger partial charge on any atom is -0.353 e. The molecule has 0 N–H and O–H groups in total. The Kier molecular flexibility index (Phi) is 33.4. The van der Waals surface area contributed by atoms with Gasteiger partial charge in [-0.2, -0.15) is 0 Å². The van der Waals surface area contributed by atoms with Crippen LogP contribution in [0.5, 0.6) is 0 Å². The molecule has 0 aromatic heterocycles. The van der Waals surface area contributed by atoms with Gasteiger partial charge >= 0.3 is 0 Å². The van der Waals surface area contributed by atoms with E-state index in [0.717, 1.165) is 38.9 Å². The molecular weight excluding hydrogens is 484 g/mol. The Hall–Kier alpha value is -0.420. The van der Waals surface area contributed by atoms with Gasteiger partial charge in [-0.15, -0.1) is 0 Å². The summed E-state index contributed by atoms with van der Waals surface area (Å²) in [7, 11) is 1.59. The summed E-state index contributed by atoms with van der Waals surface area (Å²) in [5.74, 6) is 0. The van der Waals surface area contributed by atoms with Crippen LogP contribution in [0.25, 0.3) is 0 Å². The molecule has 0 spiro atoms. The summed E-state index contributed by atoms with van der Waals surface area (Å²) in [6.45, 7) is 8.46. The molecule has 0 aromatic rings. The number of allylic oxidation sites excluding steroid dienone is 1. The molecule has 39 heavy (non-hydrogen) atoms. The second kappa shape index (κ2) is 33.8. The molecule has 1 unspecified atom stereocenters. The van der Waals surface area contributed by atoms with E-state index in [1.165, 1.54) is 135 Å². The predicted molar refractivity (Wildman–Crippen MR) is 169 cm³/mol. The van der Waals surface area contributed by atoms with Crippen molar-refractivity contribution >= 4 is 0 Å². The van der Waals surface area contributed by atoms with Crippen LogP contribution in [0.15, 0.2) is 12.2 Å². The van der Waals surface area contributed by atoms with Gasteiger partial charge in [-0.3, -0.25) is 0 Å². The normalized spacial score (nSPS) is 12.7. The van der Waals surface area contributed by atoms with Crippen LogP contribution < -0.4 is 0 Å². The monoisotopic (exact) mass is 555 g/mol. The smallest absolute Gasteiger partial charge is 0.157 e. The fraction of sp³-hybridized carbons (Fsp3) is 0.943. The van der Waals surface area contributed by atoms with Crippen LogP contribution in [0.4, 0.5) is 0 Å². The fourth-order valence-electron chi connectivity index (χ4n) is 5.05. The molecule has 0 aliphatic carbocycles. The van der Waals surface area contributed by atoms with Crippen LogP contribution in [-0.2, 0) is 19.2 Å². The van der Waals surface area contributed by atoms with Gasteiger partial charge in [-0.25, -0.2) is 9.78 Å². The number of hydrogen-bond donors (Lipinski definition) is 0. The van der Waals surface area contributed by atoms with E-state index in [1.54, 1.807) is 7.11 Å². The molecule has 4 heteroatoms. The maximum atomic E-state index is 6.21. The SMILES string of the molecule is CCCCCCCCCOC(CCCCCCCCCC=CC(CCC)OOC)OCCCCCCCCC. The van der Waals surface area contributed by atoms with E-state index < -0.39 is 0 Å². The molecule has 0 aromatic carbocycles. The lowest BCUT2D eigenvalue weighted by molar-refractivity contribution is -0.294. The molecule has 0 fully saturated rings. The van der Waals surface area contributed by atoms with Gasteiger partial charge in [-0.05, 0) is 44.9 Å². The number of unbranched alkanes of at least 4 members (excludes halogenated alkanes) is 19. The maximum absolute atomic E-state index is 6.21. The highest BCUT2D eigenvalue weighted by molar-refractivity contribution is 4.88. The molecule has 0 heterocycles. The van der Waals surface area contributed by atoms with Crippen LogP contribution >= 0.6 is 0 Å². The van der Waals surface area contributed by atoms with Crippen LogP contribution in [0.3, 0.4) is 0 Å². The number of rotatable bonds is 33. The van der Waals surface area contributed by atoms with Gasteiger partial charge in [0, 0.05) is 13.2 Å². The highest BCUT2D eigenvalue weighted by Gasteiger charge is 2.09.